The van der Waals surface area contributed by atoms with E-state index in [0.717, 1.165) is 12.8 Å². The number of aliphatic carboxylic acids is 1. The Hall–Kier alpha value is -2.26. The molecule has 0 amide bonds. The van der Waals surface area contributed by atoms with Gasteiger partial charge < -0.3 is 29.5 Å². The van der Waals surface area contributed by atoms with Crippen molar-refractivity contribution in [2.24, 2.45) is 17.8 Å². The summed E-state index contributed by atoms with van der Waals surface area (Å²) in [6, 6.07) is 9.26. The summed E-state index contributed by atoms with van der Waals surface area (Å²) in [7, 11) is 0. The number of hydrogen-bond acceptors (Lipinski definition) is 7. The lowest BCUT2D eigenvalue weighted by atomic mass is 9.87. The van der Waals surface area contributed by atoms with Gasteiger partial charge in [-0.15, -0.1) is 0 Å². The van der Waals surface area contributed by atoms with Crippen LogP contribution < -0.4 is 4.74 Å². The van der Waals surface area contributed by atoms with Crippen molar-refractivity contribution in [2.45, 2.75) is 57.0 Å². The Kier molecular flexibility index (Phi) is 9.43. The first-order valence-corrected chi connectivity index (χ1v) is 11.6. The van der Waals surface area contributed by atoms with Gasteiger partial charge in [0, 0.05) is 24.7 Å². The van der Waals surface area contributed by atoms with Gasteiger partial charge in [-0.3, -0.25) is 4.79 Å². The summed E-state index contributed by atoms with van der Waals surface area (Å²) >= 11 is 0. The number of carbonyl (C=O) groups is 2. The molecule has 1 heterocycles. The standard InChI is InChI=1S/C25H34O8/c1-2-21(27)24(25(29)30)33-14-16-8-10-20-19(22(28)12-23(20)32-13-16)11-9-17(26)15-31-18-6-4-3-5-7-18/h3-7,9,11,16-17,19-20,22-24,26,28H,2,8,10,12-15H2,1H3,(H,29,30)/b11-9+/t16-,17-,19-,20-,22-,23+,24?/m1/s1. The van der Waals surface area contributed by atoms with E-state index >= 15 is 0 Å². The molecular formula is C25H34O8. The number of fused-ring (bicyclic) bond motifs is 1. The van der Waals surface area contributed by atoms with E-state index in [1.54, 1.807) is 13.0 Å². The lowest BCUT2D eigenvalue weighted by molar-refractivity contribution is -0.157. The lowest BCUT2D eigenvalue weighted by Crippen LogP contribution is -2.34. The van der Waals surface area contributed by atoms with Crippen LogP contribution in [-0.4, -0.2) is 71.3 Å². The third kappa shape index (κ3) is 7.11. The fraction of sp³-hybridized carbons (Fsp3) is 0.600. The van der Waals surface area contributed by atoms with Crippen molar-refractivity contribution in [1.29, 1.82) is 0 Å². The van der Waals surface area contributed by atoms with Crippen LogP contribution >= 0.6 is 0 Å². The molecule has 1 aromatic carbocycles. The monoisotopic (exact) mass is 462 g/mol. The van der Waals surface area contributed by atoms with Gasteiger partial charge >= 0.3 is 5.97 Å². The summed E-state index contributed by atoms with van der Waals surface area (Å²) in [6.45, 7) is 2.26. The van der Waals surface area contributed by atoms with E-state index in [-0.39, 0.29) is 43.5 Å². The molecule has 0 spiro atoms. The summed E-state index contributed by atoms with van der Waals surface area (Å²) in [5, 5.41) is 30.0. The normalized spacial score (nSPS) is 29.2. The van der Waals surface area contributed by atoms with Gasteiger partial charge in [-0.25, -0.2) is 4.79 Å². The second-order valence-electron chi connectivity index (χ2n) is 8.81. The maximum Gasteiger partial charge on any atom is 0.340 e. The third-order valence-electron chi connectivity index (χ3n) is 6.43. The fourth-order valence-corrected chi connectivity index (χ4v) is 4.58. The number of ketones is 1. The Labute approximate surface area is 194 Å². The van der Waals surface area contributed by atoms with Crippen LogP contribution in [0.4, 0.5) is 0 Å². The minimum absolute atomic E-state index is 0.0197. The molecule has 2 aliphatic rings. The summed E-state index contributed by atoms with van der Waals surface area (Å²) < 4.78 is 17.0. The maximum atomic E-state index is 11.8. The zero-order chi connectivity index (χ0) is 23.8. The summed E-state index contributed by atoms with van der Waals surface area (Å²) in [4.78, 5) is 23.1. The molecule has 0 bridgehead atoms. The fourth-order valence-electron chi connectivity index (χ4n) is 4.58. The molecule has 1 saturated heterocycles. The van der Waals surface area contributed by atoms with E-state index < -0.39 is 30.1 Å². The largest absolute Gasteiger partial charge is 0.491 e. The van der Waals surface area contributed by atoms with E-state index in [9.17, 15) is 24.9 Å². The summed E-state index contributed by atoms with van der Waals surface area (Å²) in [6.07, 6.45) is 2.77. The van der Waals surface area contributed by atoms with Crippen molar-refractivity contribution in [1.82, 2.24) is 0 Å². The van der Waals surface area contributed by atoms with Gasteiger partial charge in [0.25, 0.3) is 0 Å². The van der Waals surface area contributed by atoms with Crippen LogP contribution in [0.5, 0.6) is 5.75 Å². The maximum absolute atomic E-state index is 11.8. The number of carboxylic acids is 1. The van der Waals surface area contributed by atoms with Crippen LogP contribution in [0.2, 0.25) is 0 Å². The van der Waals surface area contributed by atoms with E-state index in [0.29, 0.717) is 18.8 Å². The van der Waals surface area contributed by atoms with Crippen molar-refractivity contribution in [3.63, 3.8) is 0 Å². The quantitative estimate of drug-likeness (QED) is 0.338. The molecule has 1 unspecified atom stereocenters. The second kappa shape index (κ2) is 12.3. The van der Waals surface area contributed by atoms with E-state index in [1.807, 2.05) is 36.4 Å². The molecular weight excluding hydrogens is 428 g/mol. The first kappa shape index (κ1) is 25.4. The Balaban J connectivity index is 1.51. The number of aliphatic hydroxyl groups is 2. The van der Waals surface area contributed by atoms with Crippen molar-refractivity contribution in [3.8, 4) is 5.75 Å². The van der Waals surface area contributed by atoms with Crippen LogP contribution in [0, 0.1) is 17.8 Å². The molecule has 0 radical (unpaired) electrons. The van der Waals surface area contributed by atoms with Gasteiger partial charge in [-0.1, -0.05) is 37.3 Å². The number of para-hydroxylation sites is 1. The number of ether oxygens (including phenoxy) is 3. The van der Waals surface area contributed by atoms with Crippen molar-refractivity contribution in [3.05, 3.63) is 42.5 Å². The van der Waals surface area contributed by atoms with E-state index in [1.165, 1.54) is 0 Å². The van der Waals surface area contributed by atoms with Crippen LogP contribution in [0.15, 0.2) is 42.5 Å². The second-order valence-corrected chi connectivity index (χ2v) is 8.81. The number of Topliss-reactive ketones (excluding diaryl/α,β-unsaturated/α-hetero) is 1. The Morgan fingerprint density at radius 3 is 2.70 bits per heavy atom. The SMILES string of the molecule is CCC(=O)C(OC[C@@H]1CC[C@@H]2[C@@H](/C=C/[C@@H](O)COc3ccccc3)[C@H](O)C[C@@H]2OC1)C(=O)O. The molecule has 1 aromatic rings. The Morgan fingerprint density at radius 1 is 1.24 bits per heavy atom. The number of rotatable bonds is 11. The smallest absolute Gasteiger partial charge is 0.340 e. The Morgan fingerprint density at radius 2 is 2.00 bits per heavy atom. The van der Waals surface area contributed by atoms with Gasteiger partial charge in [0.1, 0.15) is 18.5 Å². The first-order valence-electron chi connectivity index (χ1n) is 11.6. The van der Waals surface area contributed by atoms with Gasteiger partial charge in [0.2, 0.25) is 6.10 Å². The number of benzene rings is 1. The molecule has 33 heavy (non-hydrogen) atoms. The average molecular weight is 463 g/mol. The Bertz CT molecular complexity index is 795. The van der Waals surface area contributed by atoms with Crippen molar-refractivity contribution in [2.75, 3.05) is 19.8 Å². The minimum Gasteiger partial charge on any atom is -0.491 e. The van der Waals surface area contributed by atoms with Crippen molar-refractivity contribution < 1.29 is 39.1 Å². The molecule has 1 aliphatic heterocycles. The molecule has 8 nitrogen and oxygen atoms in total. The zero-order valence-corrected chi connectivity index (χ0v) is 18.9. The van der Waals surface area contributed by atoms with Gasteiger partial charge in [0.15, 0.2) is 5.78 Å². The highest BCUT2D eigenvalue weighted by Crippen LogP contribution is 2.41. The zero-order valence-electron chi connectivity index (χ0n) is 18.9. The molecule has 3 N–H and O–H groups in total. The molecule has 1 aliphatic carbocycles. The van der Waals surface area contributed by atoms with Crippen LogP contribution in [0.3, 0.4) is 0 Å². The number of carboxylic acid groups (broad SMARTS) is 1. The summed E-state index contributed by atoms with van der Waals surface area (Å²) in [5.41, 5.74) is 0. The van der Waals surface area contributed by atoms with Gasteiger partial charge in [-0.05, 0) is 30.9 Å². The van der Waals surface area contributed by atoms with Gasteiger partial charge in [0.05, 0.1) is 25.4 Å². The van der Waals surface area contributed by atoms with E-state index in [2.05, 4.69) is 0 Å². The minimum atomic E-state index is -1.44. The predicted molar refractivity (Wildman–Crippen MR) is 120 cm³/mol. The molecule has 3 rings (SSSR count). The number of hydrogen-bond donors (Lipinski definition) is 3. The lowest BCUT2D eigenvalue weighted by Gasteiger charge is -2.21. The highest BCUT2D eigenvalue weighted by Gasteiger charge is 2.43. The average Bonchev–Trinajstić information content (AvgIpc) is 2.97. The van der Waals surface area contributed by atoms with Crippen LogP contribution in [0.1, 0.15) is 32.6 Å². The molecule has 1 saturated carbocycles. The van der Waals surface area contributed by atoms with Crippen LogP contribution in [-0.2, 0) is 19.1 Å². The third-order valence-corrected chi connectivity index (χ3v) is 6.43. The highest BCUT2D eigenvalue weighted by atomic mass is 16.5. The molecule has 8 heteroatoms. The molecule has 2 fully saturated rings. The molecule has 0 aromatic heterocycles. The predicted octanol–water partition coefficient (Wildman–Crippen LogP) is 2.22. The van der Waals surface area contributed by atoms with Gasteiger partial charge in [-0.2, -0.15) is 0 Å². The van der Waals surface area contributed by atoms with E-state index in [4.69, 9.17) is 14.2 Å². The number of carbonyl (C=O) groups excluding carboxylic acids is 1. The number of aliphatic hydroxyl groups excluding tert-OH is 2. The molecule has 182 valence electrons. The van der Waals surface area contributed by atoms with Crippen molar-refractivity contribution >= 4 is 11.8 Å². The summed E-state index contributed by atoms with van der Waals surface area (Å²) in [5.74, 6) is -1.10. The first-order chi connectivity index (χ1) is 15.9. The van der Waals surface area contributed by atoms with Crippen LogP contribution in [0.25, 0.3) is 0 Å². The topological polar surface area (TPSA) is 123 Å². The molecule has 7 atom stereocenters. The highest BCUT2D eigenvalue weighted by molar-refractivity contribution is 6.01.